The zero-order valence-electron chi connectivity index (χ0n) is 14.3. The highest BCUT2D eigenvalue weighted by Crippen LogP contribution is 2.36. The third kappa shape index (κ3) is 2.90. The second-order valence-electron chi connectivity index (χ2n) is 6.85. The van der Waals surface area contributed by atoms with Gasteiger partial charge in [0.1, 0.15) is 0 Å². The second kappa shape index (κ2) is 6.75. The minimum atomic E-state index is -0.573. The molecule has 0 bridgehead atoms. The van der Waals surface area contributed by atoms with Gasteiger partial charge >= 0.3 is 5.97 Å². The van der Waals surface area contributed by atoms with E-state index in [-0.39, 0.29) is 23.0 Å². The molecule has 1 heterocycles. The zero-order chi connectivity index (χ0) is 18.1. The number of carbonyl (C=O) groups is 3. The van der Waals surface area contributed by atoms with Crippen LogP contribution in [0.3, 0.4) is 0 Å². The fourth-order valence-electron chi connectivity index (χ4n) is 3.92. The molecule has 2 atom stereocenters. The van der Waals surface area contributed by atoms with Crippen molar-refractivity contribution in [3.8, 4) is 0 Å². The van der Waals surface area contributed by atoms with Gasteiger partial charge in [0, 0.05) is 0 Å². The Labute approximate surface area is 151 Å². The largest absolute Gasteiger partial charge is 0.336 e. The standard InChI is InChI=1S/C21H19NO4/c23-19-17-10-4-5-11-18(17)20(24)22(19)26-21(25)16-12-6-9-15(16)13-14-7-2-1-3-8-14/h1-5,7-8,10-11,15-16H,6,9,12-13H2. The van der Waals surface area contributed by atoms with Crippen molar-refractivity contribution >= 4 is 17.8 Å². The van der Waals surface area contributed by atoms with Crippen LogP contribution in [0, 0.1) is 11.8 Å². The average Bonchev–Trinajstić information content (AvgIpc) is 3.22. The molecule has 2 aromatic rings. The normalized spacial score (nSPS) is 21.8. The van der Waals surface area contributed by atoms with Gasteiger partial charge < -0.3 is 4.84 Å². The van der Waals surface area contributed by atoms with Gasteiger partial charge in [0.25, 0.3) is 11.8 Å². The molecule has 5 nitrogen and oxygen atoms in total. The van der Waals surface area contributed by atoms with E-state index in [9.17, 15) is 14.4 Å². The van der Waals surface area contributed by atoms with E-state index in [1.54, 1.807) is 24.3 Å². The first kappa shape index (κ1) is 16.5. The fourth-order valence-corrected chi connectivity index (χ4v) is 3.92. The lowest BCUT2D eigenvalue weighted by molar-refractivity contribution is -0.175. The zero-order valence-corrected chi connectivity index (χ0v) is 14.3. The summed E-state index contributed by atoms with van der Waals surface area (Å²) in [6.07, 6.45) is 3.40. The molecule has 4 rings (SSSR count). The number of rotatable bonds is 4. The molecule has 26 heavy (non-hydrogen) atoms. The minimum absolute atomic E-state index is 0.167. The Hall–Kier alpha value is -2.95. The summed E-state index contributed by atoms with van der Waals surface area (Å²) in [4.78, 5) is 42.7. The molecular formula is C21H19NO4. The first-order chi connectivity index (χ1) is 12.6. The molecule has 5 heteroatoms. The maximum atomic E-state index is 12.7. The smallest absolute Gasteiger partial charge is 0.329 e. The highest BCUT2D eigenvalue weighted by Gasteiger charge is 2.42. The van der Waals surface area contributed by atoms with Gasteiger partial charge in [0.05, 0.1) is 17.0 Å². The van der Waals surface area contributed by atoms with E-state index in [4.69, 9.17) is 4.84 Å². The lowest BCUT2D eigenvalue weighted by Gasteiger charge is -2.20. The van der Waals surface area contributed by atoms with Gasteiger partial charge in [-0.15, -0.1) is 0 Å². The quantitative estimate of drug-likeness (QED) is 0.794. The van der Waals surface area contributed by atoms with Crippen LogP contribution >= 0.6 is 0 Å². The predicted octanol–water partition coefficient (Wildman–Crippen LogP) is 3.40. The molecule has 2 aromatic carbocycles. The molecule has 1 aliphatic carbocycles. The third-order valence-electron chi connectivity index (χ3n) is 5.24. The van der Waals surface area contributed by atoms with E-state index >= 15 is 0 Å². The number of nitrogens with zero attached hydrogens (tertiary/aromatic N) is 1. The van der Waals surface area contributed by atoms with Crippen molar-refractivity contribution in [3.05, 3.63) is 71.3 Å². The summed E-state index contributed by atoms with van der Waals surface area (Å²) in [7, 11) is 0. The van der Waals surface area contributed by atoms with E-state index in [1.807, 2.05) is 30.3 Å². The molecule has 0 aromatic heterocycles. The van der Waals surface area contributed by atoms with Crippen molar-refractivity contribution in [3.63, 3.8) is 0 Å². The molecular weight excluding hydrogens is 330 g/mol. The van der Waals surface area contributed by atoms with Crippen LogP contribution < -0.4 is 0 Å². The van der Waals surface area contributed by atoms with Crippen LogP contribution in [0.25, 0.3) is 0 Å². The number of imide groups is 1. The van der Waals surface area contributed by atoms with E-state index < -0.39 is 17.8 Å². The summed E-state index contributed by atoms with van der Waals surface area (Å²) in [5.74, 6) is -1.76. The Kier molecular flexibility index (Phi) is 4.29. The molecule has 1 aliphatic heterocycles. The summed E-state index contributed by atoms with van der Waals surface area (Å²) in [5.41, 5.74) is 1.73. The van der Waals surface area contributed by atoms with E-state index in [0.29, 0.717) is 5.06 Å². The molecule has 2 aliphatic rings. The molecule has 132 valence electrons. The SMILES string of the molecule is O=C(ON1C(=O)c2ccccc2C1=O)C1CCCC1Cc1ccccc1. The van der Waals surface area contributed by atoms with Crippen LogP contribution in [0.15, 0.2) is 54.6 Å². The van der Waals surface area contributed by atoms with Crippen LogP contribution in [0.5, 0.6) is 0 Å². The monoisotopic (exact) mass is 349 g/mol. The number of hydroxylamine groups is 2. The maximum Gasteiger partial charge on any atom is 0.336 e. The van der Waals surface area contributed by atoms with Gasteiger partial charge in [-0.3, -0.25) is 9.59 Å². The van der Waals surface area contributed by atoms with Gasteiger partial charge in [-0.2, -0.15) is 0 Å². The van der Waals surface area contributed by atoms with Crippen LogP contribution in [0.2, 0.25) is 0 Å². The van der Waals surface area contributed by atoms with Gasteiger partial charge in [-0.25, -0.2) is 4.79 Å². The Bertz CT molecular complexity index is 826. The fraction of sp³-hybridized carbons (Fsp3) is 0.286. The van der Waals surface area contributed by atoms with Crippen LogP contribution in [-0.2, 0) is 16.1 Å². The molecule has 0 spiro atoms. The second-order valence-corrected chi connectivity index (χ2v) is 6.85. The first-order valence-corrected chi connectivity index (χ1v) is 8.88. The number of benzene rings is 2. The van der Waals surface area contributed by atoms with E-state index in [0.717, 1.165) is 25.7 Å². The predicted molar refractivity (Wildman–Crippen MR) is 94.0 cm³/mol. The first-order valence-electron chi connectivity index (χ1n) is 8.88. The Balaban J connectivity index is 1.46. The van der Waals surface area contributed by atoms with Crippen LogP contribution in [0.4, 0.5) is 0 Å². The topological polar surface area (TPSA) is 63.7 Å². The molecule has 0 N–H and O–H groups in total. The Morgan fingerprint density at radius 1 is 0.923 bits per heavy atom. The molecule has 0 radical (unpaired) electrons. The van der Waals surface area contributed by atoms with Crippen molar-refractivity contribution in [2.24, 2.45) is 11.8 Å². The van der Waals surface area contributed by atoms with Gasteiger partial charge in [-0.1, -0.05) is 53.9 Å². The molecule has 2 unspecified atom stereocenters. The summed E-state index contributed by atoms with van der Waals surface area (Å²) in [6, 6.07) is 16.5. The highest BCUT2D eigenvalue weighted by molar-refractivity contribution is 6.20. The number of hydrogen-bond acceptors (Lipinski definition) is 4. The van der Waals surface area contributed by atoms with Crippen LogP contribution in [-0.4, -0.2) is 22.8 Å². The number of amides is 2. The Morgan fingerprint density at radius 2 is 1.54 bits per heavy atom. The van der Waals surface area contributed by atoms with Gasteiger partial charge in [0.2, 0.25) is 0 Å². The maximum absolute atomic E-state index is 12.7. The van der Waals surface area contributed by atoms with Crippen molar-refractivity contribution in [1.82, 2.24) is 5.06 Å². The van der Waals surface area contributed by atoms with Crippen molar-refractivity contribution in [1.29, 1.82) is 0 Å². The number of hydrogen-bond donors (Lipinski definition) is 0. The molecule has 1 fully saturated rings. The summed E-state index contributed by atoms with van der Waals surface area (Å²) < 4.78 is 0. The number of carbonyl (C=O) groups excluding carboxylic acids is 3. The summed E-state index contributed by atoms with van der Waals surface area (Å²) in [5, 5.41) is 0.616. The van der Waals surface area contributed by atoms with E-state index in [2.05, 4.69) is 0 Å². The Morgan fingerprint density at radius 3 is 2.19 bits per heavy atom. The van der Waals surface area contributed by atoms with Crippen molar-refractivity contribution < 1.29 is 19.2 Å². The average molecular weight is 349 g/mol. The summed E-state index contributed by atoms with van der Waals surface area (Å²) in [6.45, 7) is 0. The highest BCUT2D eigenvalue weighted by atomic mass is 16.7. The van der Waals surface area contributed by atoms with Crippen molar-refractivity contribution in [2.75, 3.05) is 0 Å². The van der Waals surface area contributed by atoms with Crippen LogP contribution in [0.1, 0.15) is 45.5 Å². The lowest BCUT2D eigenvalue weighted by Crippen LogP contribution is -2.36. The minimum Gasteiger partial charge on any atom is -0.329 e. The summed E-state index contributed by atoms with van der Waals surface area (Å²) >= 11 is 0. The van der Waals surface area contributed by atoms with Gasteiger partial charge in [-0.05, 0) is 42.9 Å². The lowest BCUT2D eigenvalue weighted by atomic mass is 9.90. The molecule has 0 saturated heterocycles. The van der Waals surface area contributed by atoms with Gasteiger partial charge in [0.15, 0.2) is 0 Å². The third-order valence-corrected chi connectivity index (χ3v) is 5.24. The number of fused-ring (bicyclic) bond motifs is 1. The van der Waals surface area contributed by atoms with E-state index in [1.165, 1.54) is 5.56 Å². The molecule has 2 amide bonds. The van der Waals surface area contributed by atoms with Crippen molar-refractivity contribution in [2.45, 2.75) is 25.7 Å². The molecule has 1 saturated carbocycles.